The van der Waals surface area contributed by atoms with Crippen LogP contribution in [0.1, 0.15) is 17.0 Å². The Kier molecular flexibility index (Phi) is 3.39. The second-order valence-electron chi connectivity index (χ2n) is 4.84. The molecule has 0 bridgehead atoms. The quantitative estimate of drug-likeness (QED) is 0.903. The summed E-state index contributed by atoms with van der Waals surface area (Å²) in [6.07, 6.45) is 0.210. The third-order valence-electron chi connectivity index (χ3n) is 3.51. The van der Waals surface area contributed by atoms with Gasteiger partial charge in [0.05, 0.1) is 5.92 Å². The van der Waals surface area contributed by atoms with Crippen molar-refractivity contribution < 1.29 is 24.5 Å². The zero-order chi connectivity index (χ0) is 14.8. The van der Waals surface area contributed by atoms with Gasteiger partial charge in [0.15, 0.2) is 11.5 Å². The van der Waals surface area contributed by atoms with Gasteiger partial charge in [0.25, 0.3) is 0 Å². The SMILES string of the molecule is O=C(O)C(Cc1ccccc1O)c1ccc2c(c1)OCO2. The topological polar surface area (TPSA) is 76.0 Å². The zero-order valence-electron chi connectivity index (χ0n) is 11.2. The fraction of sp³-hybridized carbons (Fsp3) is 0.188. The number of ether oxygens (including phenoxy) is 2. The van der Waals surface area contributed by atoms with Crippen LogP contribution in [0.4, 0.5) is 0 Å². The normalized spacial score (nSPS) is 13.9. The average molecular weight is 286 g/mol. The van der Waals surface area contributed by atoms with E-state index in [9.17, 15) is 15.0 Å². The van der Waals surface area contributed by atoms with Crippen LogP contribution in [0.5, 0.6) is 17.2 Å². The Hall–Kier alpha value is -2.69. The van der Waals surface area contributed by atoms with Crippen LogP contribution in [-0.4, -0.2) is 23.0 Å². The fourth-order valence-corrected chi connectivity index (χ4v) is 2.38. The maximum Gasteiger partial charge on any atom is 0.311 e. The van der Waals surface area contributed by atoms with E-state index >= 15 is 0 Å². The van der Waals surface area contributed by atoms with Crippen molar-refractivity contribution >= 4 is 5.97 Å². The predicted molar refractivity (Wildman–Crippen MR) is 74.8 cm³/mol. The minimum atomic E-state index is -0.947. The van der Waals surface area contributed by atoms with Crippen molar-refractivity contribution in [1.82, 2.24) is 0 Å². The molecule has 2 aromatic carbocycles. The number of aliphatic carboxylic acids is 1. The summed E-state index contributed by atoms with van der Waals surface area (Å²) in [5, 5.41) is 19.3. The number of fused-ring (bicyclic) bond motifs is 1. The van der Waals surface area contributed by atoms with Crippen LogP contribution in [0.3, 0.4) is 0 Å². The van der Waals surface area contributed by atoms with Crippen molar-refractivity contribution in [3.63, 3.8) is 0 Å². The fourth-order valence-electron chi connectivity index (χ4n) is 2.38. The first-order chi connectivity index (χ1) is 10.1. The number of aromatic hydroxyl groups is 1. The number of rotatable bonds is 4. The molecule has 1 aliphatic rings. The monoisotopic (exact) mass is 286 g/mol. The van der Waals surface area contributed by atoms with Crippen molar-refractivity contribution in [2.45, 2.75) is 12.3 Å². The van der Waals surface area contributed by atoms with Crippen LogP contribution in [0.25, 0.3) is 0 Å². The van der Waals surface area contributed by atoms with Crippen LogP contribution in [0.15, 0.2) is 42.5 Å². The van der Waals surface area contributed by atoms with E-state index in [4.69, 9.17) is 9.47 Å². The number of carboxylic acids is 1. The molecule has 0 aromatic heterocycles. The highest BCUT2D eigenvalue weighted by Crippen LogP contribution is 2.36. The largest absolute Gasteiger partial charge is 0.508 e. The minimum Gasteiger partial charge on any atom is -0.508 e. The molecule has 0 spiro atoms. The van der Waals surface area contributed by atoms with Gasteiger partial charge in [-0.2, -0.15) is 0 Å². The predicted octanol–water partition coefficient (Wildman–Crippen LogP) is 2.53. The lowest BCUT2D eigenvalue weighted by Crippen LogP contribution is -2.14. The Morgan fingerprint density at radius 1 is 1.14 bits per heavy atom. The molecular weight excluding hydrogens is 272 g/mol. The van der Waals surface area contributed by atoms with Gasteiger partial charge in [-0.3, -0.25) is 4.79 Å². The number of carboxylic acid groups (broad SMARTS) is 1. The van der Waals surface area contributed by atoms with E-state index in [1.54, 1.807) is 42.5 Å². The number of benzene rings is 2. The van der Waals surface area contributed by atoms with Gasteiger partial charge in [0.2, 0.25) is 6.79 Å². The van der Waals surface area contributed by atoms with E-state index in [1.807, 2.05) is 0 Å². The molecule has 2 aromatic rings. The van der Waals surface area contributed by atoms with Gasteiger partial charge in [-0.1, -0.05) is 24.3 Å². The molecule has 3 rings (SSSR count). The molecule has 0 saturated carbocycles. The number of phenols is 1. The van der Waals surface area contributed by atoms with E-state index in [0.29, 0.717) is 22.6 Å². The van der Waals surface area contributed by atoms with Gasteiger partial charge in [-0.05, 0) is 35.7 Å². The highest BCUT2D eigenvalue weighted by atomic mass is 16.7. The van der Waals surface area contributed by atoms with Gasteiger partial charge in [-0.25, -0.2) is 0 Å². The van der Waals surface area contributed by atoms with Crippen LogP contribution in [0.2, 0.25) is 0 Å². The molecule has 0 amide bonds. The van der Waals surface area contributed by atoms with E-state index < -0.39 is 11.9 Å². The van der Waals surface area contributed by atoms with E-state index in [-0.39, 0.29) is 19.0 Å². The molecule has 5 nitrogen and oxygen atoms in total. The van der Waals surface area contributed by atoms with Gasteiger partial charge >= 0.3 is 5.97 Å². The number of phenolic OH excluding ortho intramolecular Hbond substituents is 1. The van der Waals surface area contributed by atoms with Crippen molar-refractivity contribution in [3.8, 4) is 17.2 Å². The van der Waals surface area contributed by atoms with Crippen molar-refractivity contribution in [1.29, 1.82) is 0 Å². The van der Waals surface area contributed by atoms with Crippen molar-refractivity contribution in [2.75, 3.05) is 6.79 Å². The lowest BCUT2D eigenvalue weighted by atomic mass is 9.91. The van der Waals surface area contributed by atoms with Gasteiger partial charge in [-0.15, -0.1) is 0 Å². The summed E-state index contributed by atoms with van der Waals surface area (Å²) in [6.45, 7) is 0.149. The summed E-state index contributed by atoms with van der Waals surface area (Å²) < 4.78 is 10.5. The molecule has 1 heterocycles. The molecule has 0 saturated heterocycles. The lowest BCUT2D eigenvalue weighted by molar-refractivity contribution is -0.138. The number of hydrogen-bond acceptors (Lipinski definition) is 4. The minimum absolute atomic E-state index is 0.101. The number of carbonyl (C=O) groups is 1. The molecule has 0 fully saturated rings. The summed E-state index contributed by atoms with van der Waals surface area (Å²) >= 11 is 0. The molecule has 108 valence electrons. The van der Waals surface area contributed by atoms with Crippen molar-refractivity contribution in [3.05, 3.63) is 53.6 Å². The van der Waals surface area contributed by atoms with E-state index in [1.165, 1.54) is 0 Å². The molecular formula is C16H14O5. The maximum absolute atomic E-state index is 11.6. The molecule has 21 heavy (non-hydrogen) atoms. The Morgan fingerprint density at radius 2 is 1.90 bits per heavy atom. The summed E-state index contributed by atoms with van der Waals surface area (Å²) in [7, 11) is 0. The summed E-state index contributed by atoms with van der Waals surface area (Å²) in [6, 6.07) is 11.8. The smallest absolute Gasteiger partial charge is 0.311 e. The molecule has 1 unspecified atom stereocenters. The van der Waals surface area contributed by atoms with E-state index in [0.717, 1.165) is 0 Å². The maximum atomic E-state index is 11.6. The van der Waals surface area contributed by atoms with Gasteiger partial charge < -0.3 is 19.7 Å². The Labute approximate surface area is 121 Å². The van der Waals surface area contributed by atoms with Crippen molar-refractivity contribution in [2.24, 2.45) is 0 Å². The molecule has 0 radical (unpaired) electrons. The Balaban J connectivity index is 1.92. The molecule has 0 aliphatic carbocycles. The third-order valence-corrected chi connectivity index (χ3v) is 3.51. The summed E-state index contributed by atoms with van der Waals surface area (Å²) in [5.74, 6) is -0.434. The standard InChI is InChI=1S/C16H14O5/c17-13-4-2-1-3-11(13)7-12(16(18)19)10-5-6-14-15(8-10)21-9-20-14/h1-6,8,12,17H,7,9H2,(H,18,19). The molecule has 5 heteroatoms. The Morgan fingerprint density at radius 3 is 2.67 bits per heavy atom. The summed E-state index contributed by atoms with van der Waals surface area (Å²) in [5.41, 5.74) is 1.22. The average Bonchev–Trinajstić information content (AvgIpc) is 2.93. The number of para-hydroxylation sites is 1. The first kappa shape index (κ1) is 13.3. The molecule has 2 N–H and O–H groups in total. The van der Waals surface area contributed by atoms with Crippen LogP contribution in [-0.2, 0) is 11.2 Å². The lowest BCUT2D eigenvalue weighted by Gasteiger charge is -2.14. The summed E-state index contributed by atoms with van der Waals surface area (Å²) in [4.78, 5) is 11.6. The second kappa shape index (κ2) is 5.36. The van der Waals surface area contributed by atoms with Crippen LogP contribution in [0, 0.1) is 0 Å². The van der Waals surface area contributed by atoms with Crippen LogP contribution >= 0.6 is 0 Å². The third kappa shape index (κ3) is 2.63. The highest BCUT2D eigenvalue weighted by molar-refractivity contribution is 5.77. The Bertz CT molecular complexity index is 680. The van der Waals surface area contributed by atoms with Gasteiger partial charge in [0, 0.05) is 0 Å². The van der Waals surface area contributed by atoms with Gasteiger partial charge in [0.1, 0.15) is 5.75 Å². The molecule has 1 aliphatic heterocycles. The van der Waals surface area contributed by atoms with E-state index in [2.05, 4.69) is 0 Å². The van der Waals surface area contributed by atoms with Crippen LogP contribution < -0.4 is 9.47 Å². The number of hydrogen-bond donors (Lipinski definition) is 2. The second-order valence-corrected chi connectivity index (χ2v) is 4.84. The zero-order valence-corrected chi connectivity index (χ0v) is 11.2. The first-order valence-corrected chi connectivity index (χ1v) is 6.54. The highest BCUT2D eigenvalue weighted by Gasteiger charge is 2.24. The molecule has 1 atom stereocenters. The first-order valence-electron chi connectivity index (χ1n) is 6.54.